The summed E-state index contributed by atoms with van der Waals surface area (Å²) in [5, 5.41) is 0. The molecule has 0 spiro atoms. The number of hydrogen-bond donors (Lipinski definition) is 0. The number of aryl methyl sites for hydroxylation is 2. The molecule has 0 saturated heterocycles. The zero-order chi connectivity index (χ0) is 14.5. The quantitative estimate of drug-likeness (QED) is 0.409. The smallest absolute Gasteiger partial charge is 0.00269 e. The van der Waals surface area contributed by atoms with Gasteiger partial charge in [-0.1, -0.05) is 76.6 Å². The van der Waals surface area contributed by atoms with Crippen LogP contribution in [0.4, 0.5) is 0 Å². The molecule has 0 aliphatic rings. The largest absolute Gasteiger partial charge is 0.162 e. The van der Waals surface area contributed by atoms with Gasteiger partial charge in [-0.15, -0.1) is 0 Å². The fourth-order valence-electron chi connectivity index (χ4n) is 2.58. The number of benzene rings is 1. The molecule has 0 N–H and O–H groups in total. The van der Waals surface area contributed by atoms with E-state index in [1.165, 1.54) is 69.3 Å². The minimum absolute atomic E-state index is 1.23. The van der Waals surface area contributed by atoms with Gasteiger partial charge in [-0.2, -0.15) is 11.8 Å². The lowest BCUT2D eigenvalue weighted by molar-refractivity contribution is 0.627. The van der Waals surface area contributed by atoms with Crippen LogP contribution in [0.2, 0.25) is 0 Å². The highest BCUT2D eigenvalue weighted by Crippen LogP contribution is 2.15. The number of rotatable bonds is 12. The summed E-state index contributed by atoms with van der Waals surface area (Å²) < 4.78 is 0. The molecule has 0 aromatic heterocycles. The van der Waals surface area contributed by atoms with Crippen molar-refractivity contribution in [2.75, 3.05) is 11.5 Å². The Balaban J connectivity index is 2.06. The van der Waals surface area contributed by atoms with Crippen LogP contribution in [0, 0.1) is 0 Å². The maximum absolute atomic E-state index is 2.32. The fraction of sp³-hybridized carbons (Fsp3) is 0.684. The summed E-state index contributed by atoms with van der Waals surface area (Å²) in [6, 6.07) is 8.98. The topological polar surface area (TPSA) is 0 Å². The molecule has 114 valence electrons. The highest BCUT2D eigenvalue weighted by atomic mass is 32.2. The summed E-state index contributed by atoms with van der Waals surface area (Å²) in [7, 11) is 0. The van der Waals surface area contributed by atoms with Crippen molar-refractivity contribution in [1.29, 1.82) is 0 Å². The van der Waals surface area contributed by atoms with Crippen molar-refractivity contribution >= 4 is 11.8 Å². The van der Waals surface area contributed by atoms with Crippen molar-refractivity contribution in [3.05, 3.63) is 35.4 Å². The van der Waals surface area contributed by atoms with Crippen LogP contribution in [0.25, 0.3) is 0 Å². The van der Waals surface area contributed by atoms with E-state index < -0.39 is 0 Å². The van der Waals surface area contributed by atoms with Crippen molar-refractivity contribution in [1.82, 2.24) is 0 Å². The van der Waals surface area contributed by atoms with E-state index in [-0.39, 0.29) is 0 Å². The zero-order valence-electron chi connectivity index (χ0n) is 13.5. The van der Waals surface area contributed by atoms with Crippen LogP contribution >= 0.6 is 11.8 Å². The van der Waals surface area contributed by atoms with Gasteiger partial charge in [-0.05, 0) is 41.9 Å². The highest BCUT2D eigenvalue weighted by Gasteiger charge is 2.00. The molecule has 1 rings (SSSR count). The molecule has 1 aromatic carbocycles. The Morgan fingerprint density at radius 3 is 2.05 bits per heavy atom. The van der Waals surface area contributed by atoms with Gasteiger partial charge in [0.05, 0.1) is 0 Å². The Kier molecular flexibility index (Phi) is 10.9. The van der Waals surface area contributed by atoms with Gasteiger partial charge >= 0.3 is 0 Å². The maximum atomic E-state index is 2.32. The second kappa shape index (κ2) is 12.3. The summed E-state index contributed by atoms with van der Waals surface area (Å²) in [5.74, 6) is 2.64. The average molecular weight is 293 g/mol. The Labute approximate surface area is 130 Å². The van der Waals surface area contributed by atoms with E-state index in [1.54, 1.807) is 11.1 Å². The first kappa shape index (κ1) is 17.6. The predicted octanol–water partition coefficient (Wildman–Crippen LogP) is 6.28. The van der Waals surface area contributed by atoms with E-state index in [2.05, 4.69) is 49.9 Å². The molecule has 0 heterocycles. The van der Waals surface area contributed by atoms with Gasteiger partial charge in [-0.3, -0.25) is 0 Å². The highest BCUT2D eigenvalue weighted by molar-refractivity contribution is 7.99. The molecule has 0 nitrogen and oxygen atoms in total. The second-order valence-electron chi connectivity index (χ2n) is 5.65. The van der Waals surface area contributed by atoms with Crippen molar-refractivity contribution < 1.29 is 0 Å². The second-order valence-corrected chi connectivity index (χ2v) is 6.87. The Morgan fingerprint density at radius 1 is 0.700 bits per heavy atom. The standard InChI is InChI=1S/C19H32S/c1-3-5-6-7-8-11-16-20-17-15-19-14-10-9-13-18(19)12-4-2/h9-10,13-14H,3-8,11-12,15-17H2,1-2H3. The van der Waals surface area contributed by atoms with Crippen LogP contribution in [0.15, 0.2) is 24.3 Å². The molecule has 0 aliphatic carbocycles. The molecule has 0 fully saturated rings. The predicted molar refractivity (Wildman–Crippen MR) is 94.8 cm³/mol. The molecule has 0 aliphatic heterocycles. The number of hydrogen-bond acceptors (Lipinski definition) is 1. The van der Waals surface area contributed by atoms with E-state index in [0.29, 0.717) is 0 Å². The van der Waals surface area contributed by atoms with E-state index in [9.17, 15) is 0 Å². The Bertz CT molecular complexity index is 332. The van der Waals surface area contributed by atoms with Crippen LogP contribution in [0.3, 0.4) is 0 Å². The van der Waals surface area contributed by atoms with Crippen LogP contribution in [0.5, 0.6) is 0 Å². The van der Waals surface area contributed by atoms with Crippen LogP contribution in [0.1, 0.15) is 69.9 Å². The summed E-state index contributed by atoms with van der Waals surface area (Å²) in [6.07, 6.45) is 12.2. The molecule has 1 heteroatoms. The van der Waals surface area contributed by atoms with Crippen molar-refractivity contribution in [2.45, 2.75) is 71.6 Å². The summed E-state index contributed by atoms with van der Waals surface area (Å²) in [5.41, 5.74) is 3.14. The maximum Gasteiger partial charge on any atom is -0.00269 e. The first-order chi connectivity index (χ1) is 9.88. The van der Waals surface area contributed by atoms with Crippen molar-refractivity contribution in [3.8, 4) is 0 Å². The summed E-state index contributed by atoms with van der Waals surface area (Å²) in [6.45, 7) is 4.55. The summed E-state index contributed by atoms with van der Waals surface area (Å²) >= 11 is 2.14. The van der Waals surface area contributed by atoms with Gasteiger partial charge in [0.2, 0.25) is 0 Å². The minimum Gasteiger partial charge on any atom is -0.162 e. The van der Waals surface area contributed by atoms with Crippen LogP contribution < -0.4 is 0 Å². The Morgan fingerprint density at radius 2 is 1.35 bits per heavy atom. The third-order valence-corrected chi connectivity index (χ3v) is 4.87. The van der Waals surface area contributed by atoms with Crippen LogP contribution in [-0.2, 0) is 12.8 Å². The molecule has 0 unspecified atom stereocenters. The molecule has 0 bridgehead atoms. The van der Waals surface area contributed by atoms with Gasteiger partial charge in [0.15, 0.2) is 0 Å². The van der Waals surface area contributed by atoms with Gasteiger partial charge in [0.1, 0.15) is 0 Å². The Hall–Kier alpha value is -0.430. The molecular weight excluding hydrogens is 260 g/mol. The van der Waals surface area contributed by atoms with E-state index in [1.807, 2.05) is 0 Å². The fourth-order valence-corrected chi connectivity index (χ4v) is 3.56. The minimum atomic E-state index is 1.23. The molecular formula is C19H32S. The average Bonchev–Trinajstić information content (AvgIpc) is 2.47. The van der Waals surface area contributed by atoms with Crippen molar-refractivity contribution in [2.24, 2.45) is 0 Å². The lowest BCUT2D eigenvalue weighted by Crippen LogP contribution is -1.96. The molecule has 0 saturated carbocycles. The molecule has 0 amide bonds. The molecule has 1 aromatic rings. The van der Waals surface area contributed by atoms with E-state index in [0.717, 1.165) is 0 Å². The lowest BCUT2D eigenvalue weighted by atomic mass is 10.0. The van der Waals surface area contributed by atoms with Gasteiger partial charge in [0.25, 0.3) is 0 Å². The van der Waals surface area contributed by atoms with E-state index in [4.69, 9.17) is 0 Å². The van der Waals surface area contributed by atoms with Crippen LogP contribution in [-0.4, -0.2) is 11.5 Å². The third-order valence-electron chi connectivity index (χ3n) is 3.80. The molecule has 0 atom stereocenters. The third kappa shape index (κ3) is 7.99. The monoisotopic (exact) mass is 292 g/mol. The number of thioether (sulfide) groups is 1. The zero-order valence-corrected chi connectivity index (χ0v) is 14.3. The molecule has 20 heavy (non-hydrogen) atoms. The first-order valence-electron chi connectivity index (χ1n) is 8.53. The van der Waals surface area contributed by atoms with Gasteiger partial charge in [-0.25, -0.2) is 0 Å². The SMILES string of the molecule is CCCCCCCCSCCc1ccccc1CCC. The van der Waals surface area contributed by atoms with Gasteiger partial charge in [0, 0.05) is 0 Å². The summed E-state index contributed by atoms with van der Waals surface area (Å²) in [4.78, 5) is 0. The van der Waals surface area contributed by atoms with E-state index >= 15 is 0 Å². The lowest BCUT2D eigenvalue weighted by Gasteiger charge is -2.08. The normalized spacial score (nSPS) is 10.9. The number of unbranched alkanes of at least 4 members (excludes halogenated alkanes) is 5. The first-order valence-corrected chi connectivity index (χ1v) is 9.68. The molecule has 0 radical (unpaired) electrons. The van der Waals surface area contributed by atoms with Gasteiger partial charge < -0.3 is 0 Å². The van der Waals surface area contributed by atoms with Crippen molar-refractivity contribution in [3.63, 3.8) is 0 Å².